The van der Waals surface area contributed by atoms with Crippen molar-refractivity contribution in [1.29, 1.82) is 0 Å². The number of pyridine rings is 1. The van der Waals surface area contributed by atoms with Gasteiger partial charge >= 0.3 is 0 Å². The van der Waals surface area contributed by atoms with Gasteiger partial charge < -0.3 is 10.1 Å². The van der Waals surface area contributed by atoms with Crippen LogP contribution in [0.15, 0.2) is 42.9 Å². The number of aromatic nitrogens is 3. The third-order valence-corrected chi connectivity index (χ3v) is 4.60. The van der Waals surface area contributed by atoms with E-state index in [4.69, 9.17) is 4.74 Å². The van der Waals surface area contributed by atoms with Crippen LogP contribution in [0, 0.1) is 6.92 Å². The number of ether oxygens (including phenoxy) is 1. The zero-order valence-corrected chi connectivity index (χ0v) is 14.1. The highest BCUT2D eigenvalue weighted by Gasteiger charge is 2.19. The van der Waals surface area contributed by atoms with Crippen LogP contribution in [0.3, 0.4) is 0 Å². The second-order valence-electron chi connectivity index (χ2n) is 6.09. The molecule has 126 valence electrons. The molecule has 3 heterocycles. The van der Waals surface area contributed by atoms with Crippen LogP contribution < -0.4 is 10.1 Å². The van der Waals surface area contributed by atoms with Gasteiger partial charge in [-0.05, 0) is 36.8 Å². The molecule has 6 heteroatoms. The minimum Gasteiger partial charge on any atom is -0.488 e. The van der Waals surface area contributed by atoms with Crippen molar-refractivity contribution < 1.29 is 9.53 Å². The highest BCUT2D eigenvalue weighted by atomic mass is 16.5. The highest BCUT2D eigenvalue weighted by molar-refractivity contribution is 5.95. The molecule has 3 aromatic rings. The fraction of sp³-hybridized carbons (Fsp3) is 0.211. The number of rotatable bonds is 3. The van der Waals surface area contributed by atoms with Crippen molar-refractivity contribution in [3.05, 3.63) is 65.2 Å². The lowest BCUT2D eigenvalue weighted by Gasteiger charge is -2.20. The van der Waals surface area contributed by atoms with E-state index in [1.54, 1.807) is 23.1 Å². The maximum atomic E-state index is 12.5. The Hall–Kier alpha value is -3.15. The van der Waals surface area contributed by atoms with Crippen molar-refractivity contribution in [2.24, 2.45) is 7.05 Å². The Labute approximate surface area is 145 Å². The molecule has 0 bridgehead atoms. The molecular formula is C19H18N4O2. The summed E-state index contributed by atoms with van der Waals surface area (Å²) in [5.74, 6) is 0.596. The van der Waals surface area contributed by atoms with Gasteiger partial charge in [0.1, 0.15) is 12.4 Å². The third-order valence-electron chi connectivity index (χ3n) is 4.60. The Morgan fingerprint density at radius 2 is 2.16 bits per heavy atom. The summed E-state index contributed by atoms with van der Waals surface area (Å²) < 4.78 is 7.58. The summed E-state index contributed by atoms with van der Waals surface area (Å²) in [4.78, 5) is 16.6. The van der Waals surface area contributed by atoms with E-state index in [0.29, 0.717) is 18.7 Å². The first kappa shape index (κ1) is 15.4. The van der Waals surface area contributed by atoms with Crippen LogP contribution in [-0.2, 0) is 20.2 Å². The monoisotopic (exact) mass is 334 g/mol. The van der Waals surface area contributed by atoms with Crippen molar-refractivity contribution in [1.82, 2.24) is 20.1 Å². The van der Waals surface area contributed by atoms with E-state index >= 15 is 0 Å². The van der Waals surface area contributed by atoms with E-state index in [9.17, 15) is 4.79 Å². The maximum absolute atomic E-state index is 12.5. The van der Waals surface area contributed by atoms with Gasteiger partial charge in [-0.2, -0.15) is 5.10 Å². The van der Waals surface area contributed by atoms with Gasteiger partial charge in [0.05, 0.1) is 6.20 Å². The average molecular weight is 334 g/mol. The van der Waals surface area contributed by atoms with Gasteiger partial charge in [-0.15, -0.1) is 0 Å². The zero-order valence-electron chi connectivity index (χ0n) is 14.1. The van der Waals surface area contributed by atoms with Crippen molar-refractivity contribution in [2.45, 2.75) is 20.1 Å². The fourth-order valence-electron chi connectivity index (χ4n) is 2.96. The second-order valence-corrected chi connectivity index (χ2v) is 6.09. The molecule has 1 aromatic carbocycles. The third kappa shape index (κ3) is 2.76. The quantitative estimate of drug-likeness (QED) is 0.799. The van der Waals surface area contributed by atoms with Gasteiger partial charge in [0, 0.05) is 53.9 Å². The summed E-state index contributed by atoms with van der Waals surface area (Å²) in [5.41, 5.74) is 5.78. The number of amides is 1. The number of carbonyl (C=O) groups excluding carboxylic acids is 1. The first-order chi connectivity index (χ1) is 12.1. The Morgan fingerprint density at radius 3 is 2.96 bits per heavy atom. The smallest absolute Gasteiger partial charge is 0.251 e. The van der Waals surface area contributed by atoms with Crippen molar-refractivity contribution in [3.8, 4) is 16.9 Å². The number of aryl methyl sites for hydroxylation is 1. The molecule has 0 radical (unpaired) electrons. The number of hydrogen-bond acceptors (Lipinski definition) is 4. The van der Waals surface area contributed by atoms with Crippen LogP contribution in [0.4, 0.5) is 0 Å². The molecule has 0 spiro atoms. The van der Waals surface area contributed by atoms with E-state index in [1.165, 1.54) is 0 Å². The van der Waals surface area contributed by atoms with Gasteiger partial charge in [-0.25, -0.2) is 0 Å². The maximum Gasteiger partial charge on any atom is 0.251 e. The summed E-state index contributed by atoms with van der Waals surface area (Å²) in [6.07, 6.45) is 5.36. The predicted molar refractivity (Wildman–Crippen MR) is 93.1 cm³/mol. The molecule has 1 amide bonds. The van der Waals surface area contributed by atoms with Crippen LogP contribution in [0.25, 0.3) is 11.1 Å². The van der Waals surface area contributed by atoms with E-state index in [2.05, 4.69) is 15.4 Å². The summed E-state index contributed by atoms with van der Waals surface area (Å²) in [7, 11) is 1.88. The van der Waals surface area contributed by atoms with Crippen molar-refractivity contribution in [3.63, 3.8) is 0 Å². The minimum atomic E-state index is -0.129. The number of hydrogen-bond donors (Lipinski definition) is 1. The summed E-state index contributed by atoms with van der Waals surface area (Å²) >= 11 is 0. The Balaban J connectivity index is 1.54. The van der Waals surface area contributed by atoms with Gasteiger partial charge in [-0.1, -0.05) is 0 Å². The molecular weight excluding hydrogens is 316 g/mol. The summed E-state index contributed by atoms with van der Waals surface area (Å²) in [6, 6.07) is 7.52. The van der Waals surface area contributed by atoms with Gasteiger partial charge in [0.25, 0.3) is 5.91 Å². The van der Waals surface area contributed by atoms with Crippen molar-refractivity contribution >= 4 is 5.91 Å². The lowest BCUT2D eigenvalue weighted by Crippen LogP contribution is -2.23. The molecule has 0 saturated heterocycles. The number of fused-ring (bicyclic) bond motifs is 3. The molecule has 1 aliphatic heterocycles. The number of nitrogens with zero attached hydrogens (tertiary/aromatic N) is 3. The molecule has 0 fully saturated rings. The van der Waals surface area contributed by atoms with Gasteiger partial charge in [-0.3, -0.25) is 14.5 Å². The topological polar surface area (TPSA) is 69.0 Å². The van der Waals surface area contributed by atoms with E-state index in [1.807, 2.05) is 38.4 Å². The van der Waals surface area contributed by atoms with Crippen molar-refractivity contribution in [2.75, 3.05) is 0 Å². The van der Waals surface area contributed by atoms with E-state index in [0.717, 1.165) is 33.7 Å². The minimum absolute atomic E-state index is 0.129. The molecule has 6 nitrogen and oxygen atoms in total. The SMILES string of the molecule is Cc1c(CNC(=O)c2ccc3c(c2)OCc2cnccc2-3)cnn1C. The molecule has 4 rings (SSSR count). The molecule has 1 aliphatic rings. The molecule has 1 N–H and O–H groups in total. The molecule has 0 saturated carbocycles. The summed E-state index contributed by atoms with van der Waals surface area (Å²) in [6.45, 7) is 2.90. The van der Waals surface area contributed by atoms with Gasteiger partial charge in [0.2, 0.25) is 0 Å². The largest absolute Gasteiger partial charge is 0.488 e. The average Bonchev–Trinajstić information content (AvgIpc) is 2.97. The second kappa shape index (κ2) is 6.05. The predicted octanol–water partition coefficient (Wildman–Crippen LogP) is 2.61. The van der Waals surface area contributed by atoms with Crippen LogP contribution in [0.5, 0.6) is 5.75 Å². The lowest BCUT2D eigenvalue weighted by atomic mass is 9.97. The first-order valence-corrected chi connectivity index (χ1v) is 8.09. The first-order valence-electron chi connectivity index (χ1n) is 8.09. The van der Waals surface area contributed by atoms with E-state index in [-0.39, 0.29) is 5.91 Å². The van der Waals surface area contributed by atoms with Gasteiger partial charge in [0.15, 0.2) is 0 Å². The van der Waals surface area contributed by atoms with Crippen LogP contribution in [0.1, 0.15) is 27.2 Å². The van der Waals surface area contributed by atoms with Crippen LogP contribution in [0.2, 0.25) is 0 Å². The Morgan fingerprint density at radius 1 is 1.28 bits per heavy atom. The molecule has 25 heavy (non-hydrogen) atoms. The number of carbonyl (C=O) groups is 1. The Kier molecular flexibility index (Phi) is 3.72. The number of nitrogens with one attached hydrogen (secondary N) is 1. The Bertz CT molecular complexity index is 962. The van der Waals surface area contributed by atoms with E-state index < -0.39 is 0 Å². The highest BCUT2D eigenvalue weighted by Crippen LogP contribution is 2.37. The van der Waals surface area contributed by atoms with Crippen LogP contribution in [-0.4, -0.2) is 20.7 Å². The van der Waals surface area contributed by atoms with Crippen LogP contribution >= 0.6 is 0 Å². The zero-order chi connectivity index (χ0) is 17.4. The molecule has 0 atom stereocenters. The normalized spacial score (nSPS) is 12.1. The fourth-order valence-corrected chi connectivity index (χ4v) is 2.96. The molecule has 2 aromatic heterocycles. The summed E-state index contributed by atoms with van der Waals surface area (Å²) in [5, 5.41) is 7.12. The molecule has 0 unspecified atom stereocenters. The lowest BCUT2D eigenvalue weighted by molar-refractivity contribution is 0.0950. The standard InChI is InChI=1S/C19H18N4O2/c1-12-14(10-22-23(12)2)9-21-19(24)13-3-4-17-16-5-6-20-8-15(16)11-25-18(17)7-13/h3-8,10H,9,11H2,1-2H3,(H,21,24). The number of benzene rings is 1. The molecule has 0 aliphatic carbocycles.